The van der Waals surface area contributed by atoms with Crippen molar-refractivity contribution in [2.24, 2.45) is 11.5 Å². The lowest BCUT2D eigenvalue weighted by molar-refractivity contribution is -0.134. The number of nitrogens with zero attached hydrogens (tertiary/aromatic N) is 1. The van der Waals surface area contributed by atoms with E-state index in [4.69, 9.17) is 11.5 Å². The molecule has 13 heavy (non-hydrogen) atoms. The van der Waals surface area contributed by atoms with E-state index in [1.165, 1.54) is 0 Å². The number of likely N-dealkylation sites (tertiary alicyclic amines) is 1. The van der Waals surface area contributed by atoms with Gasteiger partial charge in [0.05, 0.1) is 0 Å². The zero-order valence-corrected chi connectivity index (χ0v) is 8.05. The Hall–Kier alpha value is -0.810. The number of hydrogen-bond acceptors (Lipinski definition) is 3. The molecule has 0 aromatic rings. The number of amides is 2. The van der Waals surface area contributed by atoms with E-state index in [9.17, 15) is 9.59 Å². The van der Waals surface area contributed by atoms with E-state index in [0.29, 0.717) is 13.1 Å². The molecule has 1 unspecified atom stereocenters. The Balaban J connectivity index is 0.00000144. The lowest BCUT2D eigenvalue weighted by Crippen LogP contribution is -2.34. The Morgan fingerprint density at radius 1 is 1.46 bits per heavy atom. The number of hydrogen-bond donors (Lipinski definition) is 2. The van der Waals surface area contributed by atoms with Crippen LogP contribution < -0.4 is 11.5 Å². The van der Waals surface area contributed by atoms with Crippen molar-refractivity contribution in [3.05, 3.63) is 0 Å². The molecule has 1 heterocycles. The van der Waals surface area contributed by atoms with Gasteiger partial charge in [0, 0.05) is 19.1 Å². The normalized spacial score (nSPS) is 21.0. The summed E-state index contributed by atoms with van der Waals surface area (Å²) in [6.07, 6.45) is 0.608. The molecule has 1 saturated heterocycles. The molecule has 4 N–H and O–H groups in total. The maximum absolute atomic E-state index is 11.2. The molecule has 0 aromatic carbocycles. The van der Waals surface area contributed by atoms with Crippen molar-refractivity contribution in [2.75, 3.05) is 13.1 Å². The van der Waals surface area contributed by atoms with E-state index < -0.39 is 5.91 Å². The third-order valence-corrected chi connectivity index (χ3v) is 1.90. The zero-order valence-electron chi connectivity index (χ0n) is 7.23. The molecule has 6 heteroatoms. The minimum Gasteiger partial charge on any atom is -0.369 e. The lowest BCUT2D eigenvalue weighted by atomic mass is 10.3. The fourth-order valence-corrected chi connectivity index (χ4v) is 1.27. The highest BCUT2D eigenvalue weighted by Gasteiger charge is 2.23. The molecule has 0 aromatic heterocycles. The summed E-state index contributed by atoms with van der Waals surface area (Å²) < 4.78 is 0. The van der Waals surface area contributed by atoms with Crippen molar-refractivity contribution in [3.8, 4) is 0 Å². The highest BCUT2D eigenvalue weighted by atomic mass is 35.5. The van der Waals surface area contributed by atoms with Crippen LogP contribution in [0.2, 0.25) is 0 Å². The molecule has 1 rings (SSSR count). The van der Waals surface area contributed by atoms with E-state index in [2.05, 4.69) is 0 Å². The smallest absolute Gasteiger partial charge is 0.232 e. The van der Waals surface area contributed by atoms with Crippen LogP contribution in [0.5, 0.6) is 0 Å². The van der Waals surface area contributed by atoms with Gasteiger partial charge in [-0.05, 0) is 6.42 Å². The van der Waals surface area contributed by atoms with Gasteiger partial charge in [0.15, 0.2) is 0 Å². The second-order valence-electron chi connectivity index (χ2n) is 3.03. The molecular formula is C7H14ClN3O2. The largest absolute Gasteiger partial charge is 0.369 e. The Kier molecular flexibility index (Phi) is 4.72. The van der Waals surface area contributed by atoms with Crippen molar-refractivity contribution in [2.45, 2.75) is 18.9 Å². The third kappa shape index (κ3) is 3.61. The molecule has 5 nitrogen and oxygen atoms in total. The van der Waals surface area contributed by atoms with Gasteiger partial charge in [0.2, 0.25) is 11.8 Å². The van der Waals surface area contributed by atoms with Gasteiger partial charge in [-0.1, -0.05) is 0 Å². The highest BCUT2D eigenvalue weighted by Crippen LogP contribution is 2.07. The summed E-state index contributed by atoms with van der Waals surface area (Å²) in [4.78, 5) is 23.1. The number of rotatable bonds is 2. The third-order valence-electron chi connectivity index (χ3n) is 1.90. The number of carbonyl (C=O) groups excluding carboxylic acids is 2. The monoisotopic (exact) mass is 207 g/mol. The van der Waals surface area contributed by atoms with E-state index >= 15 is 0 Å². The van der Waals surface area contributed by atoms with Crippen LogP contribution in [0.1, 0.15) is 12.8 Å². The molecule has 0 spiro atoms. The van der Waals surface area contributed by atoms with Gasteiger partial charge in [-0.2, -0.15) is 0 Å². The molecular weight excluding hydrogens is 194 g/mol. The number of carbonyl (C=O) groups is 2. The van der Waals surface area contributed by atoms with Crippen LogP contribution in [0.4, 0.5) is 0 Å². The van der Waals surface area contributed by atoms with Gasteiger partial charge < -0.3 is 16.4 Å². The first-order valence-electron chi connectivity index (χ1n) is 3.91. The quantitative estimate of drug-likeness (QED) is 0.560. The molecule has 0 saturated carbocycles. The Morgan fingerprint density at radius 2 is 2.08 bits per heavy atom. The number of nitrogens with two attached hydrogens (primary N) is 2. The van der Waals surface area contributed by atoms with Crippen molar-refractivity contribution in [1.82, 2.24) is 4.90 Å². The Morgan fingerprint density at radius 3 is 2.46 bits per heavy atom. The van der Waals surface area contributed by atoms with Crippen LogP contribution in [-0.4, -0.2) is 35.8 Å². The molecule has 1 aliphatic rings. The van der Waals surface area contributed by atoms with Crippen LogP contribution in [-0.2, 0) is 9.59 Å². The summed E-state index contributed by atoms with van der Waals surface area (Å²) in [6.45, 7) is 1.19. The molecule has 0 bridgehead atoms. The number of primary amides is 1. The molecule has 76 valence electrons. The molecule has 0 radical (unpaired) electrons. The van der Waals surface area contributed by atoms with E-state index in [0.717, 1.165) is 6.42 Å². The average Bonchev–Trinajstić information content (AvgIpc) is 2.34. The summed E-state index contributed by atoms with van der Waals surface area (Å²) >= 11 is 0. The lowest BCUT2D eigenvalue weighted by Gasteiger charge is -2.13. The standard InChI is InChI=1S/C7H13N3O2.ClH/c8-5-1-2-10(4-5)7(12)3-6(9)11;/h5H,1-4,8H2,(H2,9,11);1H. The van der Waals surface area contributed by atoms with Gasteiger partial charge in [-0.3, -0.25) is 9.59 Å². The summed E-state index contributed by atoms with van der Waals surface area (Å²) in [5.41, 5.74) is 10.5. The second-order valence-corrected chi connectivity index (χ2v) is 3.03. The van der Waals surface area contributed by atoms with Crippen LogP contribution in [0, 0.1) is 0 Å². The van der Waals surface area contributed by atoms with Gasteiger partial charge >= 0.3 is 0 Å². The first kappa shape index (κ1) is 12.2. The van der Waals surface area contributed by atoms with Crippen LogP contribution in [0.3, 0.4) is 0 Å². The average molecular weight is 208 g/mol. The van der Waals surface area contributed by atoms with Gasteiger partial charge in [-0.15, -0.1) is 12.4 Å². The number of halogens is 1. The molecule has 2 amide bonds. The predicted octanol–water partition coefficient (Wildman–Crippen LogP) is -1.16. The van der Waals surface area contributed by atoms with Crippen LogP contribution in [0.15, 0.2) is 0 Å². The summed E-state index contributed by atoms with van der Waals surface area (Å²) in [5, 5.41) is 0. The van der Waals surface area contributed by atoms with Crippen LogP contribution in [0.25, 0.3) is 0 Å². The minimum atomic E-state index is -0.583. The highest BCUT2D eigenvalue weighted by molar-refractivity contribution is 5.96. The van der Waals surface area contributed by atoms with E-state index in [-0.39, 0.29) is 30.8 Å². The zero-order chi connectivity index (χ0) is 9.14. The Bertz CT molecular complexity index is 210. The molecule has 1 fully saturated rings. The topological polar surface area (TPSA) is 89.4 Å². The van der Waals surface area contributed by atoms with E-state index in [1.807, 2.05) is 0 Å². The maximum atomic E-state index is 11.2. The summed E-state index contributed by atoms with van der Waals surface area (Å²) in [7, 11) is 0. The predicted molar refractivity (Wildman–Crippen MR) is 50.2 cm³/mol. The first-order valence-corrected chi connectivity index (χ1v) is 3.91. The maximum Gasteiger partial charge on any atom is 0.232 e. The SMILES string of the molecule is Cl.NC(=O)CC(=O)N1CCC(N)C1. The van der Waals surface area contributed by atoms with Crippen molar-refractivity contribution >= 4 is 24.2 Å². The summed E-state index contributed by atoms with van der Waals surface area (Å²) in [6, 6.07) is 0.0572. The van der Waals surface area contributed by atoms with Crippen molar-refractivity contribution < 1.29 is 9.59 Å². The van der Waals surface area contributed by atoms with Crippen molar-refractivity contribution in [3.63, 3.8) is 0 Å². The fourth-order valence-electron chi connectivity index (χ4n) is 1.27. The fraction of sp³-hybridized carbons (Fsp3) is 0.714. The van der Waals surface area contributed by atoms with Gasteiger partial charge in [-0.25, -0.2) is 0 Å². The summed E-state index contributed by atoms with van der Waals surface area (Å²) in [5.74, 6) is -0.795. The second kappa shape index (κ2) is 5.04. The Labute approximate surface area is 82.8 Å². The van der Waals surface area contributed by atoms with Crippen LogP contribution >= 0.6 is 12.4 Å². The van der Waals surface area contributed by atoms with Crippen molar-refractivity contribution in [1.29, 1.82) is 0 Å². The molecule has 1 atom stereocenters. The van der Waals surface area contributed by atoms with E-state index in [1.54, 1.807) is 4.90 Å². The molecule has 0 aliphatic carbocycles. The minimum absolute atomic E-state index is 0. The molecule has 1 aliphatic heterocycles. The van der Waals surface area contributed by atoms with Gasteiger partial charge in [0.1, 0.15) is 6.42 Å². The first-order chi connectivity index (χ1) is 5.59. The van der Waals surface area contributed by atoms with Gasteiger partial charge in [0.25, 0.3) is 0 Å².